The highest BCUT2D eigenvalue weighted by atomic mass is 32.1. The number of esters is 2. The molecular weight excluding hydrogens is 266 g/mol. The summed E-state index contributed by atoms with van der Waals surface area (Å²) in [6.45, 7) is 0. The molecule has 19 heavy (non-hydrogen) atoms. The summed E-state index contributed by atoms with van der Waals surface area (Å²) >= 11 is 1.34. The van der Waals surface area contributed by atoms with Crippen LogP contribution in [0.2, 0.25) is 0 Å². The third-order valence-corrected chi connectivity index (χ3v) is 4.94. The molecule has 3 rings (SSSR count). The molecule has 6 heteroatoms. The van der Waals surface area contributed by atoms with Crippen molar-refractivity contribution < 1.29 is 19.1 Å². The molecule has 2 fully saturated rings. The van der Waals surface area contributed by atoms with Crippen molar-refractivity contribution in [2.75, 3.05) is 7.11 Å². The summed E-state index contributed by atoms with van der Waals surface area (Å²) < 4.78 is 10.0. The van der Waals surface area contributed by atoms with E-state index in [0.29, 0.717) is 11.5 Å². The maximum absolute atomic E-state index is 12.2. The number of fused-ring (bicyclic) bond motifs is 1. The first-order chi connectivity index (χ1) is 9.08. The topological polar surface area (TPSA) is 78.6 Å². The first-order valence-corrected chi connectivity index (χ1v) is 7.08. The number of hydrogen-bond acceptors (Lipinski definition) is 6. The van der Waals surface area contributed by atoms with Crippen molar-refractivity contribution in [3.63, 3.8) is 0 Å². The highest BCUT2D eigenvalue weighted by Crippen LogP contribution is 2.62. The van der Waals surface area contributed by atoms with E-state index in [0.717, 1.165) is 6.42 Å². The van der Waals surface area contributed by atoms with Crippen LogP contribution in [0.4, 0.5) is 0 Å². The second-order valence-electron chi connectivity index (χ2n) is 5.14. The average molecular weight is 281 g/mol. The predicted molar refractivity (Wildman–Crippen MR) is 68.6 cm³/mol. The first kappa shape index (κ1) is 12.6. The smallest absolute Gasteiger partial charge is 0.332 e. The maximum Gasteiger partial charge on any atom is 0.332 e. The molecule has 0 radical (unpaired) electrons. The lowest BCUT2D eigenvalue weighted by Gasteiger charge is -2.24. The zero-order chi connectivity index (χ0) is 13.6. The standard InChI is InChI=1S/C13H15NO4S/c1-17-11(15)9-7-4-5-13(14,10(7)9)12(16)18-8-3-2-6-19-8/h2-3,6-7,9-10H,4-5,14H2,1H3/t7-,9-,10-,13-/m0/s1. The SMILES string of the molecule is COC(=O)[C@H]1[C@@H]2CC[C@@](N)(C(=O)Oc3cccs3)[C@@H]21. The lowest BCUT2D eigenvalue weighted by atomic mass is 9.91. The van der Waals surface area contributed by atoms with Gasteiger partial charge in [-0.2, -0.15) is 0 Å². The Kier molecular flexibility index (Phi) is 2.87. The normalized spacial score (nSPS) is 35.6. The highest BCUT2D eigenvalue weighted by Gasteiger charge is 2.70. The van der Waals surface area contributed by atoms with Crippen molar-refractivity contribution >= 4 is 23.3 Å². The Labute approximate surface area is 114 Å². The van der Waals surface area contributed by atoms with E-state index >= 15 is 0 Å². The summed E-state index contributed by atoms with van der Waals surface area (Å²) in [5.41, 5.74) is 5.16. The molecule has 0 saturated heterocycles. The number of rotatable bonds is 3. The van der Waals surface area contributed by atoms with Crippen LogP contribution in [0.25, 0.3) is 0 Å². The molecule has 2 aliphatic rings. The molecule has 0 amide bonds. The Morgan fingerprint density at radius 1 is 1.53 bits per heavy atom. The van der Waals surface area contributed by atoms with Gasteiger partial charge in [0, 0.05) is 5.92 Å². The molecule has 1 aromatic heterocycles. The summed E-state index contributed by atoms with van der Waals surface area (Å²) in [6, 6.07) is 3.53. The van der Waals surface area contributed by atoms with E-state index in [1.165, 1.54) is 18.4 Å². The van der Waals surface area contributed by atoms with Gasteiger partial charge in [0.2, 0.25) is 0 Å². The molecule has 1 heterocycles. The summed E-state index contributed by atoms with van der Waals surface area (Å²) in [5, 5.41) is 2.37. The van der Waals surface area contributed by atoms with Crippen molar-refractivity contribution in [2.24, 2.45) is 23.5 Å². The molecular formula is C13H15NO4S. The van der Waals surface area contributed by atoms with Crippen molar-refractivity contribution in [1.82, 2.24) is 0 Å². The van der Waals surface area contributed by atoms with Crippen LogP contribution >= 0.6 is 11.3 Å². The fourth-order valence-corrected chi connectivity index (χ4v) is 3.78. The molecule has 4 atom stereocenters. The number of thiophene rings is 1. The summed E-state index contributed by atoms with van der Waals surface area (Å²) in [5.74, 6) is -0.900. The molecule has 0 unspecified atom stereocenters. The molecule has 0 spiro atoms. The van der Waals surface area contributed by atoms with Crippen LogP contribution in [0.3, 0.4) is 0 Å². The second-order valence-corrected chi connectivity index (χ2v) is 6.05. The fourth-order valence-electron chi connectivity index (χ4n) is 3.21. The van der Waals surface area contributed by atoms with Gasteiger partial charge in [0.15, 0.2) is 5.06 Å². The van der Waals surface area contributed by atoms with Gasteiger partial charge in [0.05, 0.1) is 13.0 Å². The van der Waals surface area contributed by atoms with Crippen LogP contribution in [-0.4, -0.2) is 24.6 Å². The summed E-state index contributed by atoms with van der Waals surface area (Å²) in [6.07, 6.45) is 1.35. The van der Waals surface area contributed by atoms with Crippen molar-refractivity contribution in [3.05, 3.63) is 17.5 Å². The highest BCUT2D eigenvalue weighted by molar-refractivity contribution is 7.11. The molecule has 1 aromatic rings. The van der Waals surface area contributed by atoms with Gasteiger partial charge in [-0.15, -0.1) is 11.3 Å². The lowest BCUT2D eigenvalue weighted by Crippen LogP contribution is -2.51. The number of carbonyl (C=O) groups is 2. The average Bonchev–Trinajstić information content (AvgIpc) is 2.72. The Bertz CT molecular complexity index is 515. The first-order valence-electron chi connectivity index (χ1n) is 6.20. The van der Waals surface area contributed by atoms with E-state index in [1.807, 2.05) is 11.4 Å². The number of ether oxygens (including phenoxy) is 2. The van der Waals surface area contributed by atoms with E-state index in [2.05, 4.69) is 0 Å². The zero-order valence-electron chi connectivity index (χ0n) is 10.5. The van der Waals surface area contributed by atoms with Gasteiger partial charge in [-0.25, -0.2) is 4.79 Å². The van der Waals surface area contributed by atoms with Crippen molar-refractivity contribution in [1.29, 1.82) is 0 Å². The Hall–Kier alpha value is -1.40. The van der Waals surface area contributed by atoms with Gasteiger partial charge in [-0.3, -0.25) is 4.79 Å². The zero-order valence-corrected chi connectivity index (χ0v) is 11.3. The monoisotopic (exact) mass is 281 g/mol. The number of carbonyl (C=O) groups excluding carboxylic acids is 2. The van der Waals surface area contributed by atoms with E-state index < -0.39 is 11.5 Å². The van der Waals surface area contributed by atoms with Crippen LogP contribution < -0.4 is 10.5 Å². The van der Waals surface area contributed by atoms with Crippen LogP contribution in [0.15, 0.2) is 17.5 Å². The van der Waals surface area contributed by atoms with Gasteiger partial charge >= 0.3 is 11.9 Å². The molecule has 2 N–H and O–H groups in total. The fraction of sp³-hybridized carbons (Fsp3) is 0.538. The minimum absolute atomic E-state index is 0.132. The van der Waals surface area contributed by atoms with Crippen molar-refractivity contribution in [2.45, 2.75) is 18.4 Å². The molecule has 2 aliphatic carbocycles. The molecule has 0 bridgehead atoms. The van der Waals surface area contributed by atoms with Crippen LogP contribution in [0.5, 0.6) is 5.06 Å². The lowest BCUT2D eigenvalue weighted by molar-refractivity contribution is -0.145. The van der Waals surface area contributed by atoms with Gasteiger partial charge < -0.3 is 15.2 Å². The Balaban J connectivity index is 1.73. The summed E-state index contributed by atoms with van der Waals surface area (Å²) in [7, 11) is 1.36. The molecule has 102 valence electrons. The predicted octanol–water partition coefficient (Wildman–Crippen LogP) is 1.18. The van der Waals surface area contributed by atoms with Gasteiger partial charge in [0.25, 0.3) is 0 Å². The number of methoxy groups -OCH3 is 1. The minimum Gasteiger partial charge on any atom is -0.469 e. The van der Waals surface area contributed by atoms with Crippen LogP contribution in [-0.2, 0) is 14.3 Å². The van der Waals surface area contributed by atoms with Gasteiger partial charge in [-0.05, 0) is 36.3 Å². The number of nitrogens with two attached hydrogens (primary N) is 1. The second kappa shape index (κ2) is 4.31. The van der Waals surface area contributed by atoms with E-state index in [-0.39, 0.29) is 23.7 Å². The third-order valence-electron chi connectivity index (χ3n) is 4.20. The Morgan fingerprint density at radius 2 is 2.32 bits per heavy atom. The van der Waals surface area contributed by atoms with Crippen molar-refractivity contribution in [3.8, 4) is 5.06 Å². The molecule has 0 aromatic carbocycles. The van der Waals surface area contributed by atoms with Gasteiger partial charge in [-0.1, -0.05) is 0 Å². The van der Waals surface area contributed by atoms with E-state index in [4.69, 9.17) is 15.2 Å². The van der Waals surface area contributed by atoms with Gasteiger partial charge in [0.1, 0.15) is 5.54 Å². The maximum atomic E-state index is 12.2. The largest absolute Gasteiger partial charge is 0.469 e. The van der Waals surface area contributed by atoms with E-state index in [9.17, 15) is 9.59 Å². The quantitative estimate of drug-likeness (QED) is 0.842. The number of hydrogen-bond donors (Lipinski definition) is 1. The van der Waals surface area contributed by atoms with Crippen LogP contribution in [0.1, 0.15) is 12.8 Å². The van der Waals surface area contributed by atoms with E-state index in [1.54, 1.807) is 6.07 Å². The third kappa shape index (κ3) is 1.86. The Morgan fingerprint density at radius 3 is 2.95 bits per heavy atom. The van der Waals surface area contributed by atoms with Crippen LogP contribution in [0, 0.1) is 17.8 Å². The summed E-state index contributed by atoms with van der Waals surface area (Å²) in [4.78, 5) is 23.8. The molecule has 5 nitrogen and oxygen atoms in total. The minimum atomic E-state index is -1.05. The molecule has 0 aliphatic heterocycles. The molecule has 2 saturated carbocycles.